The van der Waals surface area contributed by atoms with Crippen molar-refractivity contribution >= 4 is 17.5 Å². The molecule has 29 heavy (non-hydrogen) atoms. The SMILES string of the molecule is COc1ccccc1C(=O)NC1CCN(CCOc2cncc(Cl)c2)CC1OC. The first-order chi connectivity index (χ1) is 14.1. The summed E-state index contributed by atoms with van der Waals surface area (Å²) >= 11 is 5.92. The van der Waals surface area contributed by atoms with E-state index in [1.165, 1.54) is 0 Å². The van der Waals surface area contributed by atoms with Gasteiger partial charge in [0.2, 0.25) is 0 Å². The number of benzene rings is 1. The molecule has 1 aliphatic heterocycles. The van der Waals surface area contributed by atoms with Crippen LogP contribution in [-0.2, 0) is 4.74 Å². The number of hydrogen-bond donors (Lipinski definition) is 1. The number of pyridine rings is 1. The summed E-state index contributed by atoms with van der Waals surface area (Å²) in [5, 5.41) is 3.64. The third kappa shape index (κ3) is 5.82. The molecule has 2 unspecified atom stereocenters. The molecule has 1 N–H and O–H groups in total. The van der Waals surface area contributed by atoms with E-state index in [9.17, 15) is 4.79 Å². The van der Waals surface area contributed by atoms with Crippen molar-refractivity contribution in [2.24, 2.45) is 0 Å². The maximum Gasteiger partial charge on any atom is 0.255 e. The van der Waals surface area contributed by atoms with E-state index >= 15 is 0 Å². The second kappa shape index (κ2) is 10.4. The number of carbonyl (C=O) groups is 1. The lowest BCUT2D eigenvalue weighted by Crippen LogP contribution is -2.55. The summed E-state index contributed by atoms with van der Waals surface area (Å²) in [4.78, 5) is 19.0. The van der Waals surface area contributed by atoms with Crippen molar-refractivity contribution in [3.8, 4) is 11.5 Å². The van der Waals surface area contributed by atoms with Crippen molar-refractivity contribution in [2.75, 3.05) is 40.5 Å². The van der Waals surface area contributed by atoms with Gasteiger partial charge in [0.1, 0.15) is 18.1 Å². The maximum absolute atomic E-state index is 12.7. The first-order valence-corrected chi connectivity index (χ1v) is 9.91. The highest BCUT2D eigenvalue weighted by atomic mass is 35.5. The zero-order valence-electron chi connectivity index (χ0n) is 16.6. The average molecular weight is 420 g/mol. The molecule has 8 heteroatoms. The summed E-state index contributed by atoms with van der Waals surface area (Å²) in [5.74, 6) is 1.06. The van der Waals surface area contributed by atoms with Crippen molar-refractivity contribution in [1.29, 1.82) is 0 Å². The zero-order chi connectivity index (χ0) is 20.6. The number of carbonyl (C=O) groups excluding carboxylic acids is 1. The Morgan fingerprint density at radius 2 is 2.14 bits per heavy atom. The van der Waals surface area contributed by atoms with Crippen LogP contribution < -0.4 is 14.8 Å². The molecule has 3 rings (SSSR count). The van der Waals surface area contributed by atoms with Crippen LogP contribution in [0.25, 0.3) is 0 Å². The summed E-state index contributed by atoms with van der Waals surface area (Å²) in [6.07, 6.45) is 3.90. The number of rotatable bonds is 8. The first-order valence-electron chi connectivity index (χ1n) is 9.53. The molecule has 2 aromatic rings. The van der Waals surface area contributed by atoms with Crippen molar-refractivity contribution in [3.05, 3.63) is 53.3 Å². The summed E-state index contributed by atoms with van der Waals surface area (Å²) in [6.45, 7) is 2.83. The van der Waals surface area contributed by atoms with Gasteiger partial charge in [0.15, 0.2) is 0 Å². The number of likely N-dealkylation sites (tertiary alicyclic amines) is 1. The van der Waals surface area contributed by atoms with Gasteiger partial charge >= 0.3 is 0 Å². The fourth-order valence-electron chi connectivity index (χ4n) is 3.43. The van der Waals surface area contributed by atoms with Crippen molar-refractivity contribution in [2.45, 2.75) is 18.6 Å². The summed E-state index contributed by atoms with van der Waals surface area (Å²) < 4.78 is 16.7. The summed E-state index contributed by atoms with van der Waals surface area (Å²) in [7, 11) is 3.23. The maximum atomic E-state index is 12.7. The fourth-order valence-corrected chi connectivity index (χ4v) is 3.59. The van der Waals surface area contributed by atoms with Gasteiger partial charge in [0, 0.05) is 39.0 Å². The lowest BCUT2D eigenvalue weighted by molar-refractivity contribution is 0.00321. The van der Waals surface area contributed by atoms with E-state index in [-0.39, 0.29) is 18.1 Å². The van der Waals surface area contributed by atoms with Crippen LogP contribution in [-0.4, -0.2) is 68.4 Å². The Labute approximate surface area is 175 Å². The molecule has 0 radical (unpaired) electrons. The quantitative estimate of drug-likeness (QED) is 0.709. The van der Waals surface area contributed by atoms with Gasteiger partial charge in [-0.25, -0.2) is 0 Å². The number of amides is 1. The Hall–Kier alpha value is -2.35. The standard InChI is InChI=1S/C21H26ClN3O4/c1-27-19-6-4-3-5-17(19)21(26)24-18-7-8-25(14-20(18)28-2)9-10-29-16-11-15(22)12-23-13-16/h3-6,11-13,18,20H,7-10,14H2,1-2H3,(H,24,26). The summed E-state index contributed by atoms with van der Waals surface area (Å²) in [6, 6.07) is 8.88. The molecule has 1 aromatic carbocycles. The molecule has 0 aliphatic carbocycles. The highest BCUT2D eigenvalue weighted by Crippen LogP contribution is 2.20. The minimum Gasteiger partial charge on any atom is -0.496 e. The Kier molecular flexibility index (Phi) is 7.69. The molecule has 156 valence electrons. The highest BCUT2D eigenvalue weighted by Gasteiger charge is 2.31. The first kappa shape index (κ1) is 21.4. The number of piperidine rings is 1. The number of nitrogens with one attached hydrogen (secondary N) is 1. The smallest absolute Gasteiger partial charge is 0.255 e. The Morgan fingerprint density at radius 3 is 2.90 bits per heavy atom. The van der Waals surface area contributed by atoms with Gasteiger partial charge in [-0.1, -0.05) is 23.7 Å². The van der Waals surface area contributed by atoms with Crippen LogP contribution in [0.2, 0.25) is 5.02 Å². The van der Waals surface area contributed by atoms with Gasteiger partial charge in [-0.2, -0.15) is 0 Å². The molecule has 2 heterocycles. The van der Waals surface area contributed by atoms with Gasteiger partial charge in [-0.05, 0) is 18.6 Å². The van der Waals surface area contributed by atoms with E-state index in [1.807, 2.05) is 12.1 Å². The van der Waals surface area contributed by atoms with E-state index in [1.54, 1.807) is 44.8 Å². The van der Waals surface area contributed by atoms with E-state index in [0.29, 0.717) is 35.2 Å². The third-order valence-corrected chi connectivity index (χ3v) is 5.18. The highest BCUT2D eigenvalue weighted by molar-refractivity contribution is 6.30. The Balaban J connectivity index is 1.50. The van der Waals surface area contributed by atoms with Crippen molar-refractivity contribution in [1.82, 2.24) is 15.2 Å². The van der Waals surface area contributed by atoms with E-state index in [2.05, 4.69) is 15.2 Å². The van der Waals surface area contributed by atoms with Crippen LogP contribution in [0.3, 0.4) is 0 Å². The van der Waals surface area contributed by atoms with Crippen LogP contribution in [0.1, 0.15) is 16.8 Å². The zero-order valence-corrected chi connectivity index (χ0v) is 17.4. The molecule has 2 atom stereocenters. The van der Waals surface area contributed by atoms with E-state index < -0.39 is 0 Å². The van der Waals surface area contributed by atoms with Crippen LogP contribution in [0.5, 0.6) is 11.5 Å². The molecule has 0 spiro atoms. The average Bonchev–Trinajstić information content (AvgIpc) is 2.74. The van der Waals surface area contributed by atoms with Crippen LogP contribution in [0, 0.1) is 0 Å². The molecule has 0 saturated carbocycles. The van der Waals surface area contributed by atoms with E-state index in [4.69, 9.17) is 25.8 Å². The largest absolute Gasteiger partial charge is 0.496 e. The normalized spacial score (nSPS) is 19.6. The molecule has 7 nitrogen and oxygen atoms in total. The second-order valence-electron chi connectivity index (χ2n) is 6.83. The number of halogens is 1. The number of hydrogen-bond acceptors (Lipinski definition) is 6. The van der Waals surface area contributed by atoms with E-state index in [0.717, 1.165) is 19.5 Å². The van der Waals surface area contributed by atoms with Crippen LogP contribution in [0.15, 0.2) is 42.7 Å². The van der Waals surface area contributed by atoms with Gasteiger partial charge in [0.05, 0.1) is 36.0 Å². The van der Waals surface area contributed by atoms with Crippen LogP contribution >= 0.6 is 11.6 Å². The minimum atomic E-state index is -0.153. The predicted octanol–water partition coefficient (Wildman–Crippen LogP) is 2.64. The molecule has 1 amide bonds. The molecule has 1 aromatic heterocycles. The molecule has 1 saturated heterocycles. The van der Waals surface area contributed by atoms with Gasteiger partial charge < -0.3 is 19.5 Å². The Morgan fingerprint density at radius 1 is 1.31 bits per heavy atom. The lowest BCUT2D eigenvalue weighted by Gasteiger charge is -2.38. The molecule has 0 bridgehead atoms. The molecular weight excluding hydrogens is 394 g/mol. The number of para-hydroxylation sites is 1. The number of aromatic nitrogens is 1. The minimum absolute atomic E-state index is 0.0632. The second-order valence-corrected chi connectivity index (χ2v) is 7.27. The molecule has 1 fully saturated rings. The van der Waals surface area contributed by atoms with Gasteiger partial charge in [0.25, 0.3) is 5.91 Å². The van der Waals surface area contributed by atoms with Crippen LogP contribution in [0.4, 0.5) is 0 Å². The summed E-state index contributed by atoms with van der Waals surface area (Å²) in [5.41, 5.74) is 0.524. The monoisotopic (exact) mass is 419 g/mol. The number of ether oxygens (including phenoxy) is 3. The molecule has 1 aliphatic rings. The lowest BCUT2D eigenvalue weighted by atomic mass is 10.0. The van der Waals surface area contributed by atoms with Gasteiger partial charge in [-0.15, -0.1) is 0 Å². The van der Waals surface area contributed by atoms with Crippen molar-refractivity contribution in [3.63, 3.8) is 0 Å². The number of methoxy groups -OCH3 is 2. The predicted molar refractivity (Wildman–Crippen MR) is 111 cm³/mol. The number of nitrogens with zero attached hydrogens (tertiary/aromatic N) is 2. The van der Waals surface area contributed by atoms with Crippen molar-refractivity contribution < 1.29 is 19.0 Å². The molecular formula is C21H26ClN3O4. The van der Waals surface area contributed by atoms with Gasteiger partial charge in [-0.3, -0.25) is 14.7 Å². The third-order valence-electron chi connectivity index (χ3n) is 4.97. The topological polar surface area (TPSA) is 72.9 Å². The fraction of sp³-hybridized carbons (Fsp3) is 0.429. The Bertz CT molecular complexity index is 820.